The number of amidine groups is 1. The van der Waals surface area contributed by atoms with Gasteiger partial charge in [0.2, 0.25) is 0 Å². The zero-order valence-electron chi connectivity index (χ0n) is 10.5. The number of nitrogens with two attached hydrogens (primary N) is 1. The normalized spacial score (nSPS) is 13.0. The molecule has 0 aromatic carbocycles. The summed E-state index contributed by atoms with van der Waals surface area (Å²) < 4.78 is 4.96. The number of oxime groups is 1. The lowest BCUT2D eigenvalue weighted by Crippen LogP contribution is -2.34. The minimum Gasteiger partial charge on any atom is -0.409 e. The summed E-state index contributed by atoms with van der Waals surface area (Å²) in [6, 6.07) is 1.89. The van der Waals surface area contributed by atoms with Crippen molar-refractivity contribution in [3.63, 3.8) is 0 Å². The average molecular weight is 240 g/mol. The van der Waals surface area contributed by atoms with Gasteiger partial charge in [-0.3, -0.25) is 0 Å². The van der Waals surface area contributed by atoms with E-state index in [1.165, 1.54) is 0 Å². The van der Waals surface area contributed by atoms with Crippen molar-refractivity contribution in [3.8, 4) is 0 Å². The van der Waals surface area contributed by atoms with Crippen LogP contribution in [-0.4, -0.2) is 22.7 Å². The molecule has 0 aliphatic rings. The van der Waals surface area contributed by atoms with Crippen molar-refractivity contribution in [2.24, 2.45) is 16.3 Å². The fraction of sp³-hybridized carbons (Fsp3) is 0.636. The van der Waals surface area contributed by atoms with Crippen molar-refractivity contribution in [2.75, 3.05) is 6.54 Å². The Morgan fingerprint density at radius 3 is 2.88 bits per heavy atom. The fourth-order valence-corrected chi connectivity index (χ4v) is 1.38. The largest absolute Gasteiger partial charge is 0.409 e. The molecule has 6 heteroatoms. The average Bonchev–Trinajstić information content (AvgIpc) is 2.69. The molecular formula is C11H20N4O2. The van der Waals surface area contributed by atoms with Crippen LogP contribution in [0.15, 0.2) is 15.7 Å². The highest BCUT2D eigenvalue weighted by Crippen LogP contribution is 2.19. The van der Waals surface area contributed by atoms with Crippen molar-refractivity contribution >= 4 is 5.84 Å². The minimum absolute atomic E-state index is 0.247. The minimum atomic E-state index is -0.318. The molecule has 0 bridgehead atoms. The molecule has 0 atom stereocenters. The zero-order valence-corrected chi connectivity index (χ0v) is 10.5. The molecule has 0 unspecified atom stereocenters. The number of aromatic nitrogens is 1. The van der Waals surface area contributed by atoms with E-state index in [4.69, 9.17) is 15.5 Å². The van der Waals surface area contributed by atoms with Crippen LogP contribution in [0, 0.1) is 12.3 Å². The number of hydrogen-bond acceptors (Lipinski definition) is 5. The van der Waals surface area contributed by atoms with Gasteiger partial charge in [0, 0.05) is 18.0 Å². The van der Waals surface area contributed by atoms with E-state index < -0.39 is 0 Å². The lowest BCUT2D eigenvalue weighted by molar-refractivity contribution is 0.305. The van der Waals surface area contributed by atoms with Crippen LogP contribution in [0.4, 0.5) is 0 Å². The van der Waals surface area contributed by atoms with Gasteiger partial charge >= 0.3 is 0 Å². The molecule has 0 aliphatic carbocycles. The molecule has 0 amide bonds. The van der Waals surface area contributed by atoms with E-state index in [2.05, 4.69) is 15.6 Å². The van der Waals surface area contributed by atoms with Crippen molar-refractivity contribution in [1.82, 2.24) is 10.5 Å². The molecule has 17 heavy (non-hydrogen) atoms. The summed E-state index contributed by atoms with van der Waals surface area (Å²) in [4.78, 5) is 0. The predicted octanol–water partition coefficient (Wildman–Crippen LogP) is 1.24. The van der Waals surface area contributed by atoms with Crippen LogP contribution in [-0.2, 0) is 6.54 Å². The molecule has 1 aromatic heterocycles. The Morgan fingerprint density at radius 2 is 2.35 bits per heavy atom. The number of aryl methyl sites for hydroxylation is 1. The molecule has 0 saturated carbocycles. The summed E-state index contributed by atoms with van der Waals surface area (Å²) >= 11 is 0. The van der Waals surface area contributed by atoms with Crippen LogP contribution in [0.3, 0.4) is 0 Å². The van der Waals surface area contributed by atoms with Crippen LogP contribution >= 0.6 is 0 Å². The molecule has 4 N–H and O–H groups in total. The van der Waals surface area contributed by atoms with E-state index >= 15 is 0 Å². The Bertz CT molecular complexity index is 385. The zero-order chi connectivity index (χ0) is 12.9. The van der Waals surface area contributed by atoms with Crippen LogP contribution in [0.1, 0.15) is 31.7 Å². The lowest BCUT2D eigenvalue weighted by atomic mass is 9.88. The van der Waals surface area contributed by atoms with Gasteiger partial charge in [0.05, 0.1) is 5.69 Å². The molecule has 0 aliphatic heterocycles. The molecule has 0 fully saturated rings. The second kappa shape index (κ2) is 5.67. The standard InChI is InChI=1S/C11H20N4O2/c1-8-6-9(15-17-8)7-13-5-4-11(2,3)10(12)14-16/h6,13,16H,4-5,7H2,1-3H3,(H2,12,14). The van der Waals surface area contributed by atoms with Gasteiger partial charge in [-0.1, -0.05) is 24.2 Å². The number of rotatable bonds is 6. The van der Waals surface area contributed by atoms with Crippen LogP contribution in [0.25, 0.3) is 0 Å². The summed E-state index contributed by atoms with van der Waals surface area (Å²) in [5.74, 6) is 1.05. The van der Waals surface area contributed by atoms with Crippen molar-refractivity contribution in [1.29, 1.82) is 0 Å². The van der Waals surface area contributed by atoms with E-state index in [0.717, 1.165) is 24.4 Å². The molecule has 1 aromatic rings. The van der Waals surface area contributed by atoms with Crippen molar-refractivity contribution < 1.29 is 9.73 Å². The van der Waals surface area contributed by atoms with E-state index in [-0.39, 0.29) is 11.3 Å². The first-order chi connectivity index (χ1) is 7.95. The molecule has 1 heterocycles. The Labute approximate surface area is 101 Å². The molecule has 0 radical (unpaired) electrons. The lowest BCUT2D eigenvalue weighted by Gasteiger charge is -2.22. The van der Waals surface area contributed by atoms with Crippen molar-refractivity contribution in [2.45, 2.75) is 33.7 Å². The molecule has 6 nitrogen and oxygen atoms in total. The third kappa shape index (κ3) is 4.07. The van der Waals surface area contributed by atoms with Gasteiger partial charge in [0.15, 0.2) is 0 Å². The Hall–Kier alpha value is -1.56. The maximum atomic E-state index is 8.63. The van der Waals surface area contributed by atoms with Crippen LogP contribution < -0.4 is 11.1 Å². The fourth-order valence-electron chi connectivity index (χ4n) is 1.38. The Balaban J connectivity index is 2.29. The molecular weight excluding hydrogens is 220 g/mol. The van der Waals surface area contributed by atoms with Gasteiger partial charge in [-0.15, -0.1) is 0 Å². The molecule has 96 valence electrons. The summed E-state index contributed by atoms with van der Waals surface area (Å²) in [5, 5.41) is 18.8. The SMILES string of the molecule is Cc1cc(CNCCC(C)(C)C(N)=NO)no1. The monoisotopic (exact) mass is 240 g/mol. The van der Waals surface area contributed by atoms with Crippen LogP contribution in [0.5, 0.6) is 0 Å². The van der Waals surface area contributed by atoms with Gasteiger partial charge in [-0.25, -0.2) is 0 Å². The first-order valence-electron chi connectivity index (χ1n) is 5.56. The highest BCUT2D eigenvalue weighted by molar-refractivity contribution is 5.85. The summed E-state index contributed by atoms with van der Waals surface area (Å²) in [5.41, 5.74) is 6.15. The number of nitrogens with one attached hydrogen (secondary N) is 1. The van der Waals surface area contributed by atoms with E-state index in [1.807, 2.05) is 26.8 Å². The summed E-state index contributed by atoms with van der Waals surface area (Å²) in [6.07, 6.45) is 0.778. The highest BCUT2D eigenvalue weighted by Gasteiger charge is 2.22. The summed E-state index contributed by atoms with van der Waals surface area (Å²) in [7, 11) is 0. The first kappa shape index (κ1) is 13.5. The second-order valence-electron chi connectivity index (χ2n) is 4.72. The predicted molar refractivity (Wildman–Crippen MR) is 64.8 cm³/mol. The molecule has 0 saturated heterocycles. The molecule has 0 spiro atoms. The van der Waals surface area contributed by atoms with E-state index in [1.54, 1.807) is 0 Å². The maximum absolute atomic E-state index is 8.63. The van der Waals surface area contributed by atoms with Gasteiger partial charge in [-0.2, -0.15) is 0 Å². The summed E-state index contributed by atoms with van der Waals surface area (Å²) in [6.45, 7) is 7.14. The number of hydrogen-bond donors (Lipinski definition) is 3. The van der Waals surface area contributed by atoms with E-state index in [9.17, 15) is 0 Å². The Morgan fingerprint density at radius 1 is 1.65 bits per heavy atom. The van der Waals surface area contributed by atoms with Gasteiger partial charge in [0.25, 0.3) is 0 Å². The third-order valence-electron chi connectivity index (χ3n) is 2.71. The molecule has 1 rings (SSSR count). The van der Waals surface area contributed by atoms with Crippen LogP contribution in [0.2, 0.25) is 0 Å². The third-order valence-corrected chi connectivity index (χ3v) is 2.71. The second-order valence-corrected chi connectivity index (χ2v) is 4.72. The van der Waals surface area contributed by atoms with Gasteiger partial charge < -0.3 is 20.8 Å². The topological polar surface area (TPSA) is 96.7 Å². The quantitative estimate of drug-likeness (QED) is 0.228. The van der Waals surface area contributed by atoms with Gasteiger partial charge in [0.1, 0.15) is 11.6 Å². The number of nitrogens with zero attached hydrogens (tertiary/aromatic N) is 2. The first-order valence-corrected chi connectivity index (χ1v) is 5.56. The highest BCUT2D eigenvalue weighted by atomic mass is 16.5. The van der Waals surface area contributed by atoms with Crippen molar-refractivity contribution in [3.05, 3.63) is 17.5 Å². The Kier molecular flexibility index (Phi) is 4.51. The van der Waals surface area contributed by atoms with E-state index in [0.29, 0.717) is 6.54 Å². The van der Waals surface area contributed by atoms with Gasteiger partial charge in [-0.05, 0) is 19.9 Å². The smallest absolute Gasteiger partial charge is 0.144 e. The maximum Gasteiger partial charge on any atom is 0.144 e.